The summed E-state index contributed by atoms with van der Waals surface area (Å²) < 4.78 is 0. The van der Waals surface area contributed by atoms with Crippen molar-refractivity contribution in [3.8, 4) is 0 Å². The van der Waals surface area contributed by atoms with Gasteiger partial charge in [0.05, 0.1) is 4.88 Å². The first-order valence-electron chi connectivity index (χ1n) is 8.20. The minimum absolute atomic E-state index is 0.0269. The van der Waals surface area contributed by atoms with Crippen LogP contribution >= 0.6 is 11.3 Å². The second kappa shape index (κ2) is 9.74. The van der Waals surface area contributed by atoms with Gasteiger partial charge in [-0.25, -0.2) is 0 Å². The van der Waals surface area contributed by atoms with Crippen LogP contribution < -0.4 is 10.6 Å². The Balaban J connectivity index is 1.58. The first-order valence-corrected chi connectivity index (χ1v) is 9.08. The molecule has 0 aliphatic carbocycles. The maximum absolute atomic E-state index is 11.8. The zero-order valence-corrected chi connectivity index (χ0v) is 15.0. The third-order valence-corrected chi connectivity index (χ3v) is 4.57. The molecule has 1 aromatic heterocycles. The predicted molar refractivity (Wildman–Crippen MR) is 98.5 cm³/mol. The number of ketones is 1. The van der Waals surface area contributed by atoms with Crippen LogP contribution in [0.4, 0.5) is 0 Å². The summed E-state index contributed by atoms with van der Waals surface area (Å²) in [6.45, 7) is 2.76. The second-order valence-electron chi connectivity index (χ2n) is 5.76. The zero-order chi connectivity index (χ0) is 18.1. The van der Waals surface area contributed by atoms with E-state index in [1.807, 2.05) is 42.6 Å². The van der Waals surface area contributed by atoms with Gasteiger partial charge in [-0.3, -0.25) is 14.4 Å². The fraction of sp³-hybridized carbons (Fsp3) is 0.316. The van der Waals surface area contributed by atoms with Crippen LogP contribution in [0.25, 0.3) is 0 Å². The van der Waals surface area contributed by atoms with Crippen molar-refractivity contribution in [3.63, 3.8) is 0 Å². The highest BCUT2D eigenvalue weighted by atomic mass is 32.1. The molecule has 0 saturated carbocycles. The van der Waals surface area contributed by atoms with Gasteiger partial charge >= 0.3 is 0 Å². The van der Waals surface area contributed by atoms with Gasteiger partial charge in [0.2, 0.25) is 11.8 Å². The van der Waals surface area contributed by atoms with Gasteiger partial charge in [0, 0.05) is 32.4 Å². The smallest absolute Gasteiger partial charge is 0.222 e. The third kappa shape index (κ3) is 6.89. The van der Waals surface area contributed by atoms with Crippen molar-refractivity contribution in [2.45, 2.75) is 32.7 Å². The number of carbonyl (C=O) groups excluding carboxylic acids is 3. The number of nitrogens with one attached hydrogen (secondary N) is 2. The largest absolute Gasteiger partial charge is 0.356 e. The molecule has 25 heavy (non-hydrogen) atoms. The van der Waals surface area contributed by atoms with Gasteiger partial charge in [-0.1, -0.05) is 35.9 Å². The Morgan fingerprint density at radius 3 is 2.32 bits per heavy atom. The van der Waals surface area contributed by atoms with E-state index < -0.39 is 0 Å². The van der Waals surface area contributed by atoms with Crippen molar-refractivity contribution in [1.29, 1.82) is 0 Å². The lowest BCUT2D eigenvalue weighted by Gasteiger charge is -2.07. The molecule has 6 heteroatoms. The van der Waals surface area contributed by atoms with E-state index in [1.54, 1.807) is 6.07 Å². The van der Waals surface area contributed by atoms with E-state index in [0.29, 0.717) is 11.4 Å². The molecule has 0 saturated heterocycles. The molecule has 2 aromatic rings. The molecular formula is C19H22N2O3S. The summed E-state index contributed by atoms with van der Waals surface area (Å²) in [6, 6.07) is 11.5. The maximum Gasteiger partial charge on any atom is 0.222 e. The minimum atomic E-state index is -0.212. The lowest BCUT2D eigenvalue weighted by Crippen LogP contribution is -2.30. The molecule has 0 spiro atoms. The van der Waals surface area contributed by atoms with Crippen molar-refractivity contribution < 1.29 is 14.4 Å². The van der Waals surface area contributed by atoms with Gasteiger partial charge < -0.3 is 10.6 Å². The van der Waals surface area contributed by atoms with E-state index in [9.17, 15) is 14.4 Å². The highest BCUT2D eigenvalue weighted by molar-refractivity contribution is 7.12. The second-order valence-corrected chi connectivity index (χ2v) is 6.71. The fourth-order valence-electron chi connectivity index (χ4n) is 2.19. The van der Waals surface area contributed by atoms with Crippen LogP contribution in [-0.2, 0) is 16.1 Å². The Morgan fingerprint density at radius 2 is 1.64 bits per heavy atom. The molecule has 2 amide bonds. The molecule has 0 atom stereocenters. The molecule has 1 heterocycles. The van der Waals surface area contributed by atoms with Gasteiger partial charge in [-0.2, -0.15) is 0 Å². The van der Waals surface area contributed by atoms with E-state index in [2.05, 4.69) is 10.6 Å². The lowest BCUT2D eigenvalue weighted by atomic mass is 10.1. The fourth-order valence-corrected chi connectivity index (χ4v) is 2.88. The number of hydrogen-bond donors (Lipinski definition) is 2. The van der Waals surface area contributed by atoms with Gasteiger partial charge in [0.25, 0.3) is 0 Å². The lowest BCUT2D eigenvalue weighted by molar-refractivity contribution is -0.122. The van der Waals surface area contributed by atoms with Crippen LogP contribution in [0.2, 0.25) is 0 Å². The van der Waals surface area contributed by atoms with E-state index in [0.717, 1.165) is 5.56 Å². The van der Waals surface area contributed by atoms with Crippen molar-refractivity contribution in [2.75, 3.05) is 6.54 Å². The van der Waals surface area contributed by atoms with Crippen molar-refractivity contribution in [2.24, 2.45) is 0 Å². The minimum Gasteiger partial charge on any atom is -0.356 e. The number of rotatable bonds is 9. The van der Waals surface area contributed by atoms with Crippen LogP contribution in [0.1, 0.15) is 40.1 Å². The Morgan fingerprint density at radius 1 is 0.920 bits per heavy atom. The van der Waals surface area contributed by atoms with Crippen LogP contribution in [0.5, 0.6) is 0 Å². The first-order chi connectivity index (χ1) is 12.0. The van der Waals surface area contributed by atoms with Gasteiger partial charge in [0.1, 0.15) is 0 Å². The van der Waals surface area contributed by atoms with E-state index in [1.165, 1.54) is 16.9 Å². The Kier molecular flexibility index (Phi) is 7.35. The Hall–Kier alpha value is -2.47. The molecule has 0 unspecified atom stereocenters. The molecule has 0 aliphatic rings. The highest BCUT2D eigenvalue weighted by Gasteiger charge is 2.10. The molecule has 0 fully saturated rings. The quantitative estimate of drug-likeness (QED) is 0.677. The average molecular weight is 358 g/mol. The first kappa shape index (κ1) is 18.9. The van der Waals surface area contributed by atoms with Crippen molar-refractivity contribution in [1.82, 2.24) is 10.6 Å². The number of carbonyl (C=O) groups is 3. The standard InChI is InChI=1S/C19H22N2O3S/c1-14-4-6-15(7-5-14)13-21-19(24)10-11-20-18(23)9-8-16(22)17-3-2-12-25-17/h2-7,12H,8-11,13H2,1H3,(H,20,23)(H,21,24). The summed E-state index contributed by atoms with van der Waals surface area (Å²) in [5.41, 5.74) is 2.21. The van der Waals surface area contributed by atoms with Gasteiger partial charge in [0.15, 0.2) is 5.78 Å². The summed E-state index contributed by atoms with van der Waals surface area (Å²) in [4.78, 5) is 36.0. The van der Waals surface area contributed by atoms with E-state index >= 15 is 0 Å². The van der Waals surface area contributed by atoms with Crippen LogP contribution in [-0.4, -0.2) is 24.1 Å². The SMILES string of the molecule is Cc1ccc(CNC(=O)CCNC(=O)CCC(=O)c2cccs2)cc1. The highest BCUT2D eigenvalue weighted by Crippen LogP contribution is 2.12. The normalized spacial score (nSPS) is 10.3. The van der Waals surface area contributed by atoms with Crippen LogP contribution in [0, 0.1) is 6.92 Å². The number of thiophene rings is 1. The van der Waals surface area contributed by atoms with E-state index in [-0.39, 0.29) is 43.4 Å². The van der Waals surface area contributed by atoms with Gasteiger partial charge in [-0.05, 0) is 23.9 Å². The number of aryl methyl sites for hydroxylation is 1. The molecule has 132 valence electrons. The van der Waals surface area contributed by atoms with Crippen molar-refractivity contribution in [3.05, 3.63) is 57.8 Å². The van der Waals surface area contributed by atoms with Gasteiger partial charge in [-0.15, -0.1) is 11.3 Å². The molecule has 5 nitrogen and oxygen atoms in total. The monoisotopic (exact) mass is 358 g/mol. The molecule has 0 aliphatic heterocycles. The molecule has 2 N–H and O–H groups in total. The molecule has 0 radical (unpaired) electrons. The Bertz CT molecular complexity index is 709. The molecule has 1 aromatic carbocycles. The molecule has 2 rings (SSSR count). The predicted octanol–water partition coefficient (Wildman–Crippen LogP) is 2.84. The number of hydrogen-bond acceptors (Lipinski definition) is 4. The summed E-state index contributed by atoms with van der Waals surface area (Å²) in [6.07, 6.45) is 0.546. The number of Topliss-reactive ketones (excluding diaryl/α,β-unsaturated/α-hetero) is 1. The van der Waals surface area contributed by atoms with Crippen molar-refractivity contribution >= 4 is 28.9 Å². The average Bonchev–Trinajstić information content (AvgIpc) is 3.14. The third-order valence-electron chi connectivity index (χ3n) is 3.66. The topological polar surface area (TPSA) is 75.3 Å². The summed E-state index contributed by atoms with van der Waals surface area (Å²) in [5.74, 6) is -0.354. The molecule has 0 bridgehead atoms. The summed E-state index contributed by atoms with van der Waals surface area (Å²) in [7, 11) is 0. The Labute approximate surface area is 151 Å². The number of benzene rings is 1. The molecular weight excluding hydrogens is 336 g/mol. The zero-order valence-electron chi connectivity index (χ0n) is 14.2. The summed E-state index contributed by atoms with van der Waals surface area (Å²) >= 11 is 1.37. The maximum atomic E-state index is 11.8. The summed E-state index contributed by atoms with van der Waals surface area (Å²) in [5, 5.41) is 7.33. The van der Waals surface area contributed by atoms with E-state index in [4.69, 9.17) is 0 Å². The van der Waals surface area contributed by atoms with Crippen LogP contribution in [0.15, 0.2) is 41.8 Å². The van der Waals surface area contributed by atoms with Crippen LogP contribution in [0.3, 0.4) is 0 Å². The number of amides is 2.